The van der Waals surface area contributed by atoms with Crippen LogP contribution in [0, 0.1) is 18.7 Å². The normalized spacial score (nSPS) is 16.7. The van der Waals surface area contributed by atoms with Gasteiger partial charge in [-0.25, -0.2) is 9.37 Å². The van der Waals surface area contributed by atoms with E-state index in [9.17, 15) is 4.39 Å². The number of piperidine rings is 1. The number of aryl methyl sites for hydroxylation is 2. The van der Waals surface area contributed by atoms with Crippen LogP contribution < -0.4 is 15.5 Å². The zero-order valence-electron chi connectivity index (χ0n) is 16.5. The van der Waals surface area contributed by atoms with E-state index >= 15 is 0 Å². The van der Waals surface area contributed by atoms with Crippen molar-refractivity contribution in [3.8, 4) is 0 Å². The maximum atomic E-state index is 12.9. The van der Waals surface area contributed by atoms with Gasteiger partial charge in [0.15, 0.2) is 5.11 Å². The summed E-state index contributed by atoms with van der Waals surface area (Å²) in [7, 11) is 0. The number of nitrogens with one attached hydrogen (secondary N) is 2. The lowest BCUT2D eigenvalue weighted by Crippen LogP contribution is -2.35. The van der Waals surface area contributed by atoms with Crippen LogP contribution in [0.15, 0.2) is 30.3 Å². The Bertz CT molecular complexity index is 796. The second-order valence-corrected chi connectivity index (χ2v) is 7.90. The van der Waals surface area contributed by atoms with Gasteiger partial charge in [0.2, 0.25) is 5.95 Å². The summed E-state index contributed by atoms with van der Waals surface area (Å²) >= 11 is 5.38. The van der Waals surface area contributed by atoms with Gasteiger partial charge in [-0.2, -0.15) is 4.98 Å². The van der Waals surface area contributed by atoms with E-state index in [1.165, 1.54) is 25.0 Å². The molecule has 1 atom stereocenters. The van der Waals surface area contributed by atoms with Gasteiger partial charge in [-0.3, -0.25) is 0 Å². The van der Waals surface area contributed by atoms with Crippen LogP contribution in [0.2, 0.25) is 0 Å². The minimum atomic E-state index is -0.205. The van der Waals surface area contributed by atoms with E-state index in [1.807, 2.05) is 25.1 Å². The molecule has 1 saturated heterocycles. The first-order valence-electron chi connectivity index (χ1n) is 9.89. The fraction of sp³-hybridized carbons (Fsp3) is 0.476. The maximum absolute atomic E-state index is 12.9. The highest BCUT2D eigenvalue weighted by Gasteiger charge is 2.18. The number of halogens is 1. The molecule has 7 heteroatoms. The number of nitrogens with zero attached hydrogens (tertiary/aromatic N) is 3. The van der Waals surface area contributed by atoms with E-state index < -0.39 is 0 Å². The Labute approximate surface area is 171 Å². The number of hydrogen-bond donors (Lipinski definition) is 2. The van der Waals surface area contributed by atoms with Crippen molar-refractivity contribution in [2.24, 2.45) is 5.92 Å². The number of hydrogen-bond acceptors (Lipinski definition) is 4. The summed E-state index contributed by atoms with van der Waals surface area (Å²) in [6.07, 6.45) is 4.24. The molecular weight excluding hydrogens is 373 g/mol. The SMILES string of the molecule is Cc1cc(N2CCC[C@@H](C)C2)nc(NC(=S)NCCCc2ccc(F)cc2)n1. The first kappa shape index (κ1) is 20.5. The van der Waals surface area contributed by atoms with Crippen LogP contribution >= 0.6 is 12.2 Å². The van der Waals surface area contributed by atoms with Crippen LogP contribution in [0.4, 0.5) is 16.2 Å². The molecule has 1 aliphatic heterocycles. The van der Waals surface area contributed by atoms with Gasteiger partial charge in [0.1, 0.15) is 11.6 Å². The molecule has 1 aromatic carbocycles. The third-order valence-electron chi connectivity index (χ3n) is 4.89. The molecule has 2 N–H and O–H groups in total. The lowest BCUT2D eigenvalue weighted by molar-refractivity contribution is 0.444. The molecule has 1 fully saturated rings. The number of benzene rings is 1. The summed E-state index contributed by atoms with van der Waals surface area (Å²) in [6.45, 7) is 7.05. The number of rotatable bonds is 6. The maximum Gasteiger partial charge on any atom is 0.231 e. The van der Waals surface area contributed by atoms with Crippen molar-refractivity contribution in [1.82, 2.24) is 15.3 Å². The number of aromatic nitrogens is 2. The quantitative estimate of drug-likeness (QED) is 0.562. The molecule has 0 aliphatic carbocycles. The molecule has 2 heterocycles. The molecule has 150 valence electrons. The van der Waals surface area contributed by atoms with Crippen molar-refractivity contribution in [3.63, 3.8) is 0 Å². The Morgan fingerprint density at radius 2 is 2.07 bits per heavy atom. The Kier molecular flexibility index (Phi) is 7.14. The summed E-state index contributed by atoms with van der Waals surface area (Å²) in [4.78, 5) is 11.4. The average molecular weight is 402 g/mol. The van der Waals surface area contributed by atoms with Crippen LogP contribution in [-0.2, 0) is 6.42 Å². The zero-order chi connectivity index (χ0) is 19.9. The molecule has 1 aliphatic rings. The highest BCUT2D eigenvalue weighted by atomic mass is 32.1. The van der Waals surface area contributed by atoms with Crippen LogP contribution in [0.25, 0.3) is 0 Å². The smallest absolute Gasteiger partial charge is 0.231 e. The van der Waals surface area contributed by atoms with Crippen molar-refractivity contribution in [2.75, 3.05) is 29.9 Å². The van der Waals surface area contributed by atoms with E-state index in [4.69, 9.17) is 12.2 Å². The van der Waals surface area contributed by atoms with E-state index in [1.54, 1.807) is 0 Å². The van der Waals surface area contributed by atoms with Gasteiger partial charge in [-0.1, -0.05) is 19.1 Å². The summed E-state index contributed by atoms with van der Waals surface area (Å²) in [6, 6.07) is 8.64. The predicted octanol–water partition coefficient (Wildman–Crippen LogP) is 4.08. The Morgan fingerprint density at radius 1 is 1.29 bits per heavy atom. The van der Waals surface area contributed by atoms with Crippen molar-refractivity contribution in [1.29, 1.82) is 0 Å². The van der Waals surface area contributed by atoms with Crippen LogP contribution in [0.3, 0.4) is 0 Å². The number of thiocarbonyl (C=S) groups is 1. The second-order valence-electron chi connectivity index (χ2n) is 7.50. The monoisotopic (exact) mass is 401 g/mol. The van der Waals surface area contributed by atoms with Crippen molar-refractivity contribution >= 4 is 29.1 Å². The number of anilines is 2. The van der Waals surface area contributed by atoms with Crippen molar-refractivity contribution in [2.45, 2.75) is 39.5 Å². The van der Waals surface area contributed by atoms with Crippen LogP contribution in [0.1, 0.15) is 37.4 Å². The van der Waals surface area contributed by atoms with Gasteiger partial charge in [0, 0.05) is 31.4 Å². The van der Waals surface area contributed by atoms with E-state index in [2.05, 4.69) is 32.4 Å². The molecule has 0 spiro atoms. The molecule has 3 rings (SSSR count). The standard InChI is InChI=1S/C21H28FN5S/c1-15-5-4-12-27(14-15)19-13-16(2)24-20(25-19)26-21(28)23-11-3-6-17-7-9-18(22)10-8-17/h7-10,13,15H,3-6,11-12,14H2,1-2H3,(H2,23,24,25,26,28)/t15-/m1/s1. The van der Waals surface area contributed by atoms with Crippen LogP contribution in [-0.4, -0.2) is 34.7 Å². The van der Waals surface area contributed by atoms with Gasteiger partial charge >= 0.3 is 0 Å². The highest BCUT2D eigenvalue weighted by molar-refractivity contribution is 7.80. The Balaban J connectivity index is 1.48. The fourth-order valence-corrected chi connectivity index (χ4v) is 3.65. The minimum absolute atomic E-state index is 0.205. The van der Waals surface area contributed by atoms with Gasteiger partial charge in [-0.15, -0.1) is 0 Å². The van der Waals surface area contributed by atoms with Crippen molar-refractivity contribution < 1.29 is 4.39 Å². The Morgan fingerprint density at radius 3 is 2.82 bits per heavy atom. The molecule has 5 nitrogen and oxygen atoms in total. The third-order valence-corrected chi connectivity index (χ3v) is 5.13. The van der Waals surface area contributed by atoms with Gasteiger partial charge in [0.25, 0.3) is 0 Å². The van der Waals surface area contributed by atoms with E-state index in [-0.39, 0.29) is 5.82 Å². The summed E-state index contributed by atoms with van der Waals surface area (Å²) in [5.74, 6) is 1.97. The topological polar surface area (TPSA) is 53.1 Å². The van der Waals surface area contributed by atoms with E-state index in [0.717, 1.165) is 49.6 Å². The van der Waals surface area contributed by atoms with Crippen LogP contribution in [0.5, 0.6) is 0 Å². The first-order valence-corrected chi connectivity index (χ1v) is 10.3. The lowest BCUT2D eigenvalue weighted by atomic mass is 10.0. The lowest BCUT2D eigenvalue weighted by Gasteiger charge is -2.32. The fourth-order valence-electron chi connectivity index (χ4n) is 3.46. The molecule has 1 aromatic heterocycles. The predicted molar refractivity (Wildman–Crippen MR) is 116 cm³/mol. The van der Waals surface area contributed by atoms with Gasteiger partial charge in [0.05, 0.1) is 0 Å². The molecule has 0 radical (unpaired) electrons. The summed E-state index contributed by atoms with van der Waals surface area (Å²) < 4.78 is 12.9. The molecular formula is C21H28FN5S. The second kappa shape index (κ2) is 9.78. The Hall–Kier alpha value is -2.28. The molecule has 0 amide bonds. The third kappa shape index (κ3) is 6.12. The molecule has 0 saturated carbocycles. The van der Waals surface area contributed by atoms with Gasteiger partial charge < -0.3 is 15.5 Å². The van der Waals surface area contributed by atoms with Crippen molar-refractivity contribution in [3.05, 3.63) is 47.4 Å². The zero-order valence-corrected chi connectivity index (χ0v) is 17.4. The summed E-state index contributed by atoms with van der Waals surface area (Å²) in [5, 5.41) is 6.81. The molecule has 28 heavy (non-hydrogen) atoms. The largest absolute Gasteiger partial charge is 0.362 e. The van der Waals surface area contributed by atoms with Gasteiger partial charge in [-0.05, 0) is 68.4 Å². The minimum Gasteiger partial charge on any atom is -0.362 e. The average Bonchev–Trinajstić information content (AvgIpc) is 2.66. The summed E-state index contributed by atoms with van der Waals surface area (Å²) in [5.41, 5.74) is 2.04. The molecule has 2 aromatic rings. The molecule has 0 unspecified atom stereocenters. The first-order chi connectivity index (χ1) is 13.5. The highest BCUT2D eigenvalue weighted by Crippen LogP contribution is 2.22. The van der Waals surface area contributed by atoms with E-state index in [0.29, 0.717) is 17.0 Å². The molecule has 0 bridgehead atoms.